The highest BCUT2D eigenvalue weighted by molar-refractivity contribution is 6.30. The first-order valence-corrected chi connectivity index (χ1v) is 14.4. The first-order chi connectivity index (χ1) is 20.2. The van der Waals surface area contributed by atoms with Crippen molar-refractivity contribution in [2.45, 2.75) is 81.8 Å². The first kappa shape index (κ1) is 26.1. The molecular weight excluding hydrogens is 558 g/mol. The second-order valence-corrected chi connectivity index (χ2v) is 13.0. The third-order valence-electron chi connectivity index (χ3n) is 8.57. The van der Waals surface area contributed by atoms with E-state index in [1.165, 1.54) is 6.20 Å². The fraction of sp³-hybridized carbons (Fsp3) is 0.714. The van der Waals surface area contributed by atoms with Crippen molar-refractivity contribution in [2.75, 3.05) is 51.4 Å². The molecular formula is C28H37ClF2N6O4. The Bertz CT molecular complexity index is 1430. The molecule has 6 rings (SSSR count). The van der Waals surface area contributed by atoms with Gasteiger partial charge in [0.05, 0.1) is 31.9 Å². The molecule has 4 fully saturated rings. The van der Waals surface area contributed by atoms with Crippen LogP contribution in [-0.2, 0) is 9.47 Å². The van der Waals surface area contributed by atoms with Gasteiger partial charge in [-0.2, -0.15) is 9.97 Å². The standard InChI is InChI=1S/C28H37ClF2N6O4/c1-26(2,3)41-25(38)37-18-6-8-28(37,15-39-4)14-35(13-18)23-19-11-32-22(29)20(31)21(19)33-24(34-23)40-16-27-7-5-9-36(27)12-17(30)10-27/h11,17-18H,5-10,12-16H2,1-4H3/t17-,18+,27+,28-/m1/s1/i16D2. The van der Waals surface area contributed by atoms with E-state index in [9.17, 15) is 9.18 Å². The number of carbonyl (C=O) groups excluding carboxylic acids is 1. The van der Waals surface area contributed by atoms with E-state index in [0.29, 0.717) is 38.8 Å². The Balaban J connectivity index is 1.39. The predicted molar refractivity (Wildman–Crippen MR) is 149 cm³/mol. The van der Waals surface area contributed by atoms with Crippen LogP contribution >= 0.6 is 11.6 Å². The number of anilines is 1. The number of amides is 1. The van der Waals surface area contributed by atoms with E-state index in [0.717, 1.165) is 0 Å². The second kappa shape index (κ2) is 10.3. The lowest BCUT2D eigenvalue weighted by Crippen LogP contribution is -2.66. The molecule has 2 aromatic heterocycles. The third-order valence-corrected chi connectivity index (χ3v) is 8.84. The average molecular weight is 597 g/mol. The summed E-state index contributed by atoms with van der Waals surface area (Å²) < 4.78 is 65.0. The zero-order valence-electron chi connectivity index (χ0n) is 25.8. The van der Waals surface area contributed by atoms with Crippen LogP contribution in [0.1, 0.15) is 55.6 Å². The molecule has 0 unspecified atom stereocenters. The minimum absolute atomic E-state index is 0.0155. The highest BCUT2D eigenvalue weighted by Gasteiger charge is 2.55. The Kier molecular flexibility index (Phi) is 6.56. The van der Waals surface area contributed by atoms with Crippen molar-refractivity contribution in [3.8, 4) is 6.01 Å². The summed E-state index contributed by atoms with van der Waals surface area (Å²) in [6, 6.07) is -0.643. The van der Waals surface area contributed by atoms with Gasteiger partial charge in [-0.15, -0.1) is 0 Å². The molecule has 1 amide bonds. The molecule has 6 heterocycles. The van der Waals surface area contributed by atoms with E-state index in [2.05, 4.69) is 15.0 Å². The summed E-state index contributed by atoms with van der Waals surface area (Å²) in [7, 11) is 1.57. The van der Waals surface area contributed by atoms with Gasteiger partial charge in [-0.1, -0.05) is 11.6 Å². The predicted octanol–water partition coefficient (Wildman–Crippen LogP) is 4.38. The van der Waals surface area contributed by atoms with Crippen LogP contribution in [0, 0.1) is 5.82 Å². The number of piperazine rings is 1. The number of nitrogens with zero attached hydrogens (tertiary/aromatic N) is 6. The molecule has 41 heavy (non-hydrogen) atoms. The Morgan fingerprint density at radius 2 is 2.07 bits per heavy atom. The molecule has 0 N–H and O–H groups in total. The summed E-state index contributed by atoms with van der Waals surface area (Å²) in [5.74, 6) is -0.619. The summed E-state index contributed by atoms with van der Waals surface area (Å²) in [4.78, 5) is 31.7. The van der Waals surface area contributed by atoms with Gasteiger partial charge < -0.3 is 19.1 Å². The lowest BCUT2D eigenvalue weighted by atomic mass is 9.95. The van der Waals surface area contributed by atoms with E-state index in [4.69, 9.17) is 28.6 Å². The SMILES string of the molecule is [2H]C([2H])(Oc1nc(N2C[C@@H]3CC[C@](COC)(C2)N3C(=O)OC(C)(C)C)c2cnc(Cl)c(F)c2n1)[C@@]12CCCN1C[C@H](F)C2. The van der Waals surface area contributed by atoms with Crippen LogP contribution in [0.4, 0.5) is 19.4 Å². The summed E-state index contributed by atoms with van der Waals surface area (Å²) >= 11 is 6.03. The zero-order chi connectivity index (χ0) is 30.9. The van der Waals surface area contributed by atoms with E-state index >= 15 is 4.39 Å². The third kappa shape index (κ3) is 5.05. The summed E-state index contributed by atoms with van der Waals surface area (Å²) in [5, 5.41) is -0.133. The van der Waals surface area contributed by atoms with Gasteiger partial charge in [0.1, 0.15) is 29.7 Å². The molecule has 4 aliphatic heterocycles. The van der Waals surface area contributed by atoms with Crippen LogP contribution < -0.4 is 9.64 Å². The molecule has 224 valence electrons. The molecule has 13 heteroatoms. The number of alkyl halides is 1. The Hall–Kier alpha value is -2.57. The van der Waals surface area contributed by atoms with Crippen molar-refractivity contribution in [3.63, 3.8) is 0 Å². The quantitative estimate of drug-likeness (QED) is 0.451. The minimum Gasteiger partial charge on any atom is -0.461 e. The Labute approximate surface area is 246 Å². The summed E-state index contributed by atoms with van der Waals surface area (Å²) in [6.07, 6.45) is 2.22. The number of rotatable bonds is 6. The van der Waals surface area contributed by atoms with Gasteiger partial charge in [-0.25, -0.2) is 18.6 Å². The maximum absolute atomic E-state index is 15.4. The highest BCUT2D eigenvalue weighted by atomic mass is 35.5. The molecule has 2 aromatic rings. The van der Waals surface area contributed by atoms with Crippen molar-refractivity contribution >= 4 is 34.4 Å². The molecule has 4 aliphatic rings. The number of fused-ring (bicyclic) bond motifs is 4. The van der Waals surface area contributed by atoms with Crippen LogP contribution in [-0.4, -0.2) is 106 Å². The number of methoxy groups -OCH3 is 1. The Morgan fingerprint density at radius 1 is 1.27 bits per heavy atom. The molecule has 0 aromatic carbocycles. The number of pyridine rings is 1. The maximum atomic E-state index is 15.4. The van der Waals surface area contributed by atoms with Crippen LogP contribution in [0.15, 0.2) is 6.20 Å². The van der Waals surface area contributed by atoms with Gasteiger partial charge >= 0.3 is 12.1 Å². The van der Waals surface area contributed by atoms with E-state index in [1.54, 1.807) is 16.9 Å². The number of halogens is 3. The zero-order valence-corrected chi connectivity index (χ0v) is 24.5. The lowest BCUT2D eigenvalue weighted by molar-refractivity contribution is -0.0261. The fourth-order valence-electron chi connectivity index (χ4n) is 7.03. The van der Waals surface area contributed by atoms with Gasteiger partial charge in [0, 0.05) is 39.4 Å². The molecule has 10 nitrogen and oxygen atoms in total. The summed E-state index contributed by atoms with van der Waals surface area (Å²) in [6.45, 7) is 4.63. The average Bonchev–Trinajstić information content (AvgIpc) is 3.52. The maximum Gasteiger partial charge on any atom is 0.411 e. The van der Waals surface area contributed by atoms with Crippen LogP contribution in [0.3, 0.4) is 0 Å². The van der Waals surface area contributed by atoms with Crippen LogP contribution in [0.2, 0.25) is 5.15 Å². The normalized spacial score (nSPS) is 30.9. The molecule has 0 aliphatic carbocycles. The lowest BCUT2D eigenvalue weighted by Gasteiger charge is -2.49. The highest BCUT2D eigenvalue weighted by Crippen LogP contribution is 2.44. The summed E-state index contributed by atoms with van der Waals surface area (Å²) in [5.41, 5.74) is -2.79. The Morgan fingerprint density at radius 3 is 2.83 bits per heavy atom. The number of ether oxygens (including phenoxy) is 3. The van der Waals surface area contributed by atoms with Crippen molar-refractivity contribution in [3.05, 3.63) is 17.2 Å². The number of aromatic nitrogens is 3. The molecule has 0 spiro atoms. The van der Waals surface area contributed by atoms with Crippen molar-refractivity contribution in [1.29, 1.82) is 0 Å². The van der Waals surface area contributed by atoms with Gasteiger partial charge in [0.2, 0.25) is 0 Å². The first-order valence-electron chi connectivity index (χ1n) is 15.0. The van der Waals surface area contributed by atoms with Crippen molar-refractivity contribution in [2.24, 2.45) is 0 Å². The number of carbonyl (C=O) groups is 1. The topological polar surface area (TPSA) is 93.2 Å². The molecule has 4 saturated heterocycles. The molecule has 2 bridgehead atoms. The number of hydrogen-bond donors (Lipinski definition) is 0. The van der Waals surface area contributed by atoms with Gasteiger partial charge in [-0.05, 0) is 53.0 Å². The van der Waals surface area contributed by atoms with Crippen molar-refractivity contribution in [1.82, 2.24) is 24.8 Å². The van der Waals surface area contributed by atoms with E-state index in [-0.39, 0.29) is 54.9 Å². The van der Waals surface area contributed by atoms with Crippen LogP contribution in [0.5, 0.6) is 6.01 Å². The van der Waals surface area contributed by atoms with Gasteiger partial charge in [-0.3, -0.25) is 9.80 Å². The fourth-order valence-corrected chi connectivity index (χ4v) is 7.17. The van der Waals surface area contributed by atoms with Gasteiger partial charge in [0.15, 0.2) is 11.0 Å². The van der Waals surface area contributed by atoms with Crippen molar-refractivity contribution < 1.29 is 30.5 Å². The molecule has 0 saturated carbocycles. The molecule has 0 radical (unpaired) electrons. The molecule has 4 atom stereocenters. The second-order valence-electron chi connectivity index (χ2n) is 12.6. The largest absolute Gasteiger partial charge is 0.461 e. The van der Waals surface area contributed by atoms with E-state index < -0.39 is 46.5 Å². The van der Waals surface area contributed by atoms with Crippen LogP contribution in [0.25, 0.3) is 10.9 Å². The minimum atomic E-state index is -2.37. The monoisotopic (exact) mass is 596 g/mol. The van der Waals surface area contributed by atoms with E-state index in [1.807, 2.05) is 25.7 Å². The van der Waals surface area contributed by atoms with Gasteiger partial charge in [0.25, 0.3) is 0 Å². The smallest absolute Gasteiger partial charge is 0.411 e. The number of hydrogen-bond acceptors (Lipinski definition) is 9.